The van der Waals surface area contributed by atoms with Gasteiger partial charge in [-0.2, -0.15) is 0 Å². The van der Waals surface area contributed by atoms with Crippen LogP contribution in [0.3, 0.4) is 0 Å². The highest BCUT2D eigenvalue weighted by Crippen LogP contribution is 2.30. The van der Waals surface area contributed by atoms with Crippen molar-refractivity contribution in [3.05, 3.63) is 41.1 Å². The molecule has 23 heavy (non-hydrogen) atoms. The Balaban J connectivity index is 0.00000264. The molecule has 0 unspecified atom stereocenters. The first-order chi connectivity index (χ1) is 10.5. The molecule has 1 aliphatic rings. The number of benzene rings is 1. The van der Waals surface area contributed by atoms with Crippen LogP contribution in [0.25, 0.3) is 0 Å². The Bertz CT molecular complexity index is 647. The molecular weight excluding hydrogens is 385 g/mol. The summed E-state index contributed by atoms with van der Waals surface area (Å²) < 4.78 is 12.8. The molecular formula is C15H16BrFN3O2S-. The summed E-state index contributed by atoms with van der Waals surface area (Å²) in [5.74, 6) is -1.04. The van der Waals surface area contributed by atoms with E-state index in [-0.39, 0.29) is 28.7 Å². The Kier molecular flexibility index (Phi) is 7.44. The quantitative estimate of drug-likeness (QED) is 0.701. The standard InChI is InChI=1S/C15H16FN3O2S.BrH/c1-3-17-15-19(4-2)14(21)12(22-15)9-13(20)18-11-7-5-10(16)6-8-11;/h5-9H,3-4H2,1-2H3,(H,18,20);1H/p-1/b12-9+,17-15?;. The van der Waals surface area contributed by atoms with Crippen molar-refractivity contribution in [3.8, 4) is 0 Å². The summed E-state index contributed by atoms with van der Waals surface area (Å²) in [5, 5.41) is 3.20. The number of amides is 2. The van der Waals surface area contributed by atoms with Crippen molar-refractivity contribution in [1.29, 1.82) is 0 Å². The van der Waals surface area contributed by atoms with Crippen molar-refractivity contribution in [1.82, 2.24) is 4.90 Å². The first-order valence-electron chi connectivity index (χ1n) is 6.87. The molecule has 2 rings (SSSR count). The lowest BCUT2D eigenvalue weighted by atomic mass is 10.3. The normalized spacial score (nSPS) is 17.5. The largest absolute Gasteiger partial charge is 1.00 e. The fraction of sp³-hybridized carbons (Fsp3) is 0.267. The Hall–Kier alpha value is -1.67. The summed E-state index contributed by atoms with van der Waals surface area (Å²) in [5.41, 5.74) is 0.466. The number of likely N-dealkylation sites (N-methyl/N-ethyl adjacent to an activating group) is 1. The van der Waals surface area contributed by atoms with Crippen LogP contribution in [0.4, 0.5) is 10.1 Å². The smallest absolute Gasteiger partial charge is 0.266 e. The van der Waals surface area contributed by atoms with E-state index in [1.54, 1.807) is 0 Å². The Morgan fingerprint density at radius 2 is 2.00 bits per heavy atom. The van der Waals surface area contributed by atoms with Gasteiger partial charge in [0.2, 0.25) is 5.91 Å². The maximum absolute atomic E-state index is 12.8. The fourth-order valence-corrected chi connectivity index (χ4v) is 2.95. The van der Waals surface area contributed by atoms with Gasteiger partial charge in [0.05, 0.1) is 4.91 Å². The number of halogens is 2. The number of rotatable bonds is 4. The molecule has 124 valence electrons. The molecule has 0 saturated carbocycles. The van der Waals surface area contributed by atoms with E-state index in [1.807, 2.05) is 13.8 Å². The topological polar surface area (TPSA) is 61.8 Å². The maximum Gasteiger partial charge on any atom is 0.266 e. The molecule has 2 amide bonds. The van der Waals surface area contributed by atoms with E-state index in [0.717, 1.165) is 0 Å². The zero-order chi connectivity index (χ0) is 16.1. The average Bonchev–Trinajstić information content (AvgIpc) is 2.77. The first-order valence-corrected chi connectivity index (χ1v) is 7.69. The van der Waals surface area contributed by atoms with Gasteiger partial charge in [0.15, 0.2) is 5.17 Å². The highest BCUT2D eigenvalue weighted by molar-refractivity contribution is 8.18. The first kappa shape index (κ1) is 19.4. The van der Waals surface area contributed by atoms with Crippen LogP contribution < -0.4 is 22.3 Å². The van der Waals surface area contributed by atoms with E-state index in [4.69, 9.17) is 0 Å². The van der Waals surface area contributed by atoms with Crippen molar-refractivity contribution in [2.75, 3.05) is 18.4 Å². The van der Waals surface area contributed by atoms with Crippen molar-refractivity contribution in [3.63, 3.8) is 0 Å². The molecule has 1 saturated heterocycles. The zero-order valence-electron chi connectivity index (χ0n) is 12.7. The molecule has 0 radical (unpaired) electrons. The number of anilines is 1. The van der Waals surface area contributed by atoms with Gasteiger partial charge >= 0.3 is 0 Å². The monoisotopic (exact) mass is 400 g/mol. The SMILES string of the molecule is CCN=C1S/C(=C/C(=O)Nc2ccc(F)cc2)C(=O)N1CC.[Br-]. The lowest BCUT2D eigenvalue weighted by Crippen LogP contribution is -3.00. The van der Waals surface area contributed by atoms with Crippen LogP contribution in [0.5, 0.6) is 0 Å². The molecule has 1 aliphatic heterocycles. The number of thioether (sulfide) groups is 1. The summed E-state index contributed by atoms with van der Waals surface area (Å²) in [6, 6.07) is 5.42. The van der Waals surface area contributed by atoms with Gasteiger partial charge in [-0.05, 0) is 49.9 Å². The Labute approximate surface area is 148 Å². The molecule has 1 aromatic carbocycles. The molecule has 0 bridgehead atoms. The lowest BCUT2D eigenvalue weighted by molar-refractivity contribution is -0.122. The zero-order valence-corrected chi connectivity index (χ0v) is 15.1. The second-order valence-corrected chi connectivity index (χ2v) is 5.42. The number of carbonyl (C=O) groups excluding carboxylic acids is 2. The third-order valence-corrected chi connectivity index (χ3v) is 3.92. The summed E-state index contributed by atoms with van der Waals surface area (Å²) in [4.78, 5) is 30.2. The molecule has 1 aromatic rings. The molecule has 5 nitrogen and oxygen atoms in total. The number of carbonyl (C=O) groups is 2. The predicted molar refractivity (Wildman–Crippen MR) is 86.1 cm³/mol. The van der Waals surface area contributed by atoms with Crippen LogP contribution in [-0.4, -0.2) is 35.0 Å². The van der Waals surface area contributed by atoms with Crippen LogP contribution in [0.1, 0.15) is 13.8 Å². The molecule has 0 aromatic heterocycles. The van der Waals surface area contributed by atoms with Crippen molar-refractivity contribution < 1.29 is 31.0 Å². The maximum atomic E-state index is 12.8. The van der Waals surface area contributed by atoms with Gasteiger partial charge in [-0.15, -0.1) is 0 Å². The second-order valence-electron chi connectivity index (χ2n) is 4.41. The summed E-state index contributed by atoms with van der Waals surface area (Å²) in [7, 11) is 0. The Morgan fingerprint density at radius 3 is 2.57 bits per heavy atom. The third kappa shape index (κ3) is 4.90. The van der Waals surface area contributed by atoms with Crippen LogP contribution in [0.2, 0.25) is 0 Å². The number of hydrogen-bond donors (Lipinski definition) is 1. The molecule has 1 fully saturated rings. The molecule has 1 heterocycles. The van der Waals surface area contributed by atoms with Gasteiger partial charge in [-0.25, -0.2) is 4.39 Å². The van der Waals surface area contributed by atoms with Crippen molar-refractivity contribution >= 4 is 34.4 Å². The minimum absolute atomic E-state index is 0. The van der Waals surface area contributed by atoms with Crippen LogP contribution in [-0.2, 0) is 9.59 Å². The van der Waals surface area contributed by atoms with Gasteiger partial charge in [-0.1, -0.05) is 0 Å². The van der Waals surface area contributed by atoms with Gasteiger partial charge < -0.3 is 22.3 Å². The fourth-order valence-electron chi connectivity index (χ4n) is 1.87. The number of hydrogen-bond acceptors (Lipinski definition) is 4. The summed E-state index contributed by atoms with van der Waals surface area (Å²) in [6.45, 7) is 4.81. The van der Waals surface area contributed by atoms with E-state index in [0.29, 0.717) is 28.8 Å². The summed E-state index contributed by atoms with van der Waals surface area (Å²) in [6.07, 6.45) is 1.25. The highest BCUT2D eigenvalue weighted by Gasteiger charge is 2.32. The third-order valence-electron chi connectivity index (χ3n) is 2.87. The highest BCUT2D eigenvalue weighted by atomic mass is 79.9. The number of amidine groups is 1. The van der Waals surface area contributed by atoms with E-state index in [2.05, 4.69) is 10.3 Å². The lowest BCUT2D eigenvalue weighted by Gasteiger charge is -2.11. The molecule has 0 atom stereocenters. The van der Waals surface area contributed by atoms with E-state index < -0.39 is 5.91 Å². The number of aliphatic imine (C=N–C) groups is 1. The summed E-state index contributed by atoms with van der Waals surface area (Å²) >= 11 is 1.18. The number of nitrogens with one attached hydrogen (secondary N) is 1. The molecule has 0 spiro atoms. The minimum Gasteiger partial charge on any atom is -1.00 e. The van der Waals surface area contributed by atoms with Crippen LogP contribution in [0.15, 0.2) is 40.2 Å². The van der Waals surface area contributed by atoms with Crippen molar-refractivity contribution in [2.45, 2.75) is 13.8 Å². The van der Waals surface area contributed by atoms with E-state index in [1.165, 1.54) is 47.0 Å². The van der Waals surface area contributed by atoms with Gasteiger partial charge in [-0.3, -0.25) is 19.5 Å². The Morgan fingerprint density at radius 1 is 1.35 bits per heavy atom. The van der Waals surface area contributed by atoms with Crippen molar-refractivity contribution in [2.24, 2.45) is 4.99 Å². The van der Waals surface area contributed by atoms with Gasteiger partial charge in [0.25, 0.3) is 5.91 Å². The molecule has 0 aliphatic carbocycles. The van der Waals surface area contributed by atoms with Crippen LogP contribution in [0, 0.1) is 5.82 Å². The van der Waals surface area contributed by atoms with Gasteiger partial charge in [0.1, 0.15) is 5.82 Å². The molecule has 1 N–H and O–H groups in total. The van der Waals surface area contributed by atoms with E-state index in [9.17, 15) is 14.0 Å². The van der Waals surface area contributed by atoms with Gasteiger partial charge in [0, 0.05) is 24.9 Å². The average molecular weight is 401 g/mol. The molecule has 8 heteroatoms. The predicted octanol–water partition coefficient (Wildman–Crippen LogP) is -0.377. The number of nitrogens with zero attached hydrogens (tertiary/aromatic N) is 2. The van der Waals surface area contributed by atoms with E-state index >= 15 is 0 Å². The minimum atomic E-state index is -0.434. The second kappa shape index (κ2) is 8.83. The van der Waals surface area contributed by atoms with Crippen LogP contribution >= 0.6 is 11.8 Å².